The minimum absolute atomic E-state index is 0. The monoisotopic (exact) mass is 179 g/mol. The van der Waals surface area contributed by atoms with Crippen LogP contribution in [0.15, 0.2) is 0 Å². The molecule has 0 bridgehead atoms. The van der Waals surface area contributed by atoms with Crippen molar-refractivity contribution in [2.24, 2.45) is 10.9 Å². The molecule has 0 aromatic carbocycles. The molecule has 0 saturated heterocycles. The van der Waals surface area contributed by atoms with E-state index in [2.05, 4.69) is 9.32 Å². The molecule has 0 aliphatic rings. The van der Waals surface area contributed by atoms with Crippen LogP contribution in [0.2, 0.25) is 0 Å². The molecule has 0 fully saturated rings. The quantitative estimate of drug-likeness (QED) is 0.480. The Labute approximate surface area is 96.8 Å². The Morgan fingerprint density at radius 1 is 1.44 bits per heavy atom. The zero-order chi connectivity index (χ0) is 6.62. The smallest absolute Gasteiger partial charge is 0.328 e. The van der Waals surface area contributed by atoms with Crippen molar-refractivity contribution >= 4 is 61.7 Å². The van der Waals surface area contributed by atoms with E-state index < -0.39 is 10.3 Å². The van der Waals surface area contributed by atoms with Gasteiger partial charge >= 0.3 is 10.3 Å². The Kier molecular flexibility index (Phi) is 9.01. The van der Waals surface area contributed by atoms with Gasteiger partial charge in [0.05, 0.1) is 6.61 Å². The normalized spacial score (nSPS) is 10.4. The van der Waals surface area contributed by atoms with Gasteiger partial charge in [0, 0.05) is 57.9 Å². The first kappa shape index (κ1) is 13.1. The van der Waals surface area contributed by atoms with Crippen LogP contribution in [-0.2, 0) is 14.5 Å². The predicted octanol–water partition coefficient (Wildman–Crippen LogP) is -2.22. The number of nitrogens with two attached hydrogens (primary N) is 2. The minimum atomic E-state index is -3.77. The van der Waals surface area contributed by atoms with Crippen LogP contribution in [-0.4, -0.2) is 73.0 Å². The third-order valence-electron chi connectivity index (χ3n) is 0.365. The van der Waals surface area contributed by atoms with Crippen LogP contribution in [0.4, 0.5) is 0 Å². The van der Waals surface area contributed by atoms with E-state index in [4.69, 9.17) is 5.73 Å². The van der Waals surface area contributed by atoms with Crippen molar-refractivity contribution in [1.82, 2.24) is 0 Å². The fraction of sp³-hybridized carbons (Fsp3) is 1.00. The van der Waals surface area contributed by atoms with Crippen LogP contribution in [0.3, 0.4) is 0 Å². The van der Waals surface area contributed by atoms with Crippen LogP contribution in [0.5, 0.6) is 0 Å². The standard InChI is InChI=1S/C2H8N2O3S.K/c3-1-2-7-8(4,5)6;/h1-3H2,(H2,4,5,6);. The summed E-state index contributed by atoms with van der Waals surface area (Å²) < 4.78 is 23.8. The van der Waals surface area contributed by atoms with Gasteiger partial charge in [-0.25, -0.2) is 5.14 Å². The van der Waals surface area contributed by atoms with Gasteiger partial charge in [-0.15, -0.1) is 0 Å². The molecule has 4 N–H and O–H groups in total. The average molecular weight is 179 g/mol. The predicted molar refractivity (Wildman–Crippen MR) is 33.9 cm³/mol. The zero-order valence-electron chi connectivity index (χ0n) is 5.20. The first-order chi connectivity index (χ1) is 3.56. The maximum atomic E-state index is 9.89. The fourth-order valence-corrected chi connectivity index (χ4v) is 0.493. The Morgan fingerprint density at radius 2 is 1.89 bits per heavy atom. The molecular formula is C2H8KN2O3S. The molecule has 0 saturated carbocycles. The van der Waals surface area contributed by atoms with Crippen molar-refractivity contribution in [3.05, 3.63) is 0 Å². The molecule has 0 amide bonds. The van der Waals surface area contributed by atoms with E-state index in [1.807, 2.05) is 0 Å². The van der Waals surface area contributed by atoms with Crippen LogP contribution in [0.1, 0.15) is 0 Å². The van der Waals surface area contributed by atoms with Gasteiger partial charge < -0.3 is 5.73 Å². The third-order valence-corrected chi connectivity index (χ3v) is 0.861. The Morgan fingerprint density at radius 3 is 2.00 bits per heavy atom. The van der Waals surface area contributed by atoms with Gasteiger partial charge in [0.15, 0.2) is 0 Å². The van der Waals surface area contributed by atoms with E-state index in [1.54, 1.807) is 0 Å². The summed E-state index contributed by atoms with van der Waals surface area (Å²) in [7, 11) is -3.77. The fourth-order valence-electron chi connectivity index (χ4n) is 0.164. The van der Waals surface area contributed by atoms with Gasteiger partial charge in [-0.05, 0) is 0 Å². The van der Waals surface area contributed by atoms with Gasteiger partial charge in [0.2, 0.25) is 0 Å². The summed E-state index contributed by atoms with van der Waals surface area (Å²) >= 11 is 0. The third kappa shape index (κ3) is 12.6. The molecule has 0 aliphatic heterocycles. The zero-order valence-corrected chi connectivity index (χ0v) is 9.14. The molecule has 0 spiro atoms. The van der Waals surface area contributed by atoms with Crippen molar-refractivity contribution in [3.63, 3.8) is 0 Å². The van der Waals surface area contributed by atoms with Gasteiger partial charge in [-0.3, -0.25) is 4.18 Å². The Bertz CT molecular complexity index is 144. The molecular weight excluding hydrogens is 171 g/mol. The van der Waals surface area contributed by atoms with E-state index in [0.717, 1.165) is 0 Å². The first-order valence-electron chi connectivity index (χ1n) is 1.93. The summed E-state index contributed by atoms with van der Waals surface area (Å²) in [5.41, 5.74) is 4.89. The number of hydrogen-bond donors (Lipinski definition) is 2. The van der Waals surface area contributed by atoms with Gasteiger partial charge in [-0.1, -0.05) is 0 Å². The molecule has 0 aromatic rings. The van der Waals surface area contributed by atoms with E-state index >= 15 is 0 Å². The summed E-state index contributed by atoms with van der Waals surface area (Å²) in [6.07, 6.45) is 0. The molecule has 0 rings (SSSR count). The second-order valence-electron chi connectivity index (χ2n) is 1.10. The van der Waals surface area contributed by atoms with Crippen molar-refractivity contribution in [2.45, 2.75) is 0 Å². The summed E-state index contributed by atoms with van der Waals surface area (Å²) in [6, 6.07) is 0. The summed E-state index contributed by atoms with van der Waals surface area (Å²) in [5.74, 6) is 0. The Balaban J connectivity index is 0. The van der Waals surface area contributed by atoms with Crippen molar-refractivity contribution in [3.8, 4) is 0 Å². The summed E-state index contributed by atoms with van der Waals surface area (Å²) in [5, 5.41) is 4.42. The van der Waals surface area contributed by atoms with Gasteiger partial charge in [0.1, 0.15) is 0 Å². The molecule has 0 unspecified atom stereocenters. The maximum Gasteiger partial charge on any atom is 0.333 e. The van der Waals surface area contributed by atoms with E-state index in [1.165, 1.54) is 0 Å². The summed E-state index contributed by atoms with van der Waals surface area (Å²) in [6.45, 7) is 0.0925. The largest absolute Gasteiger partial charge is 0.333 e. The van der Waals surface area contributed by atoms with Crippen LogP contribution >= 0.6 is 0 Å². The molecule has 5 nitrogen and oxygen atoms in total. The minimum Gasteiger partial charge on any atom is -0.328 e. The number of rotatable bonds is 3. The summed E-state index contributed by atoms with van der Waals surface area (Å²) in [4.78, 5) is 0. The Hall–Kier alpha value is 1.47. The molecule has 9 heavy (non-hydrogen) atoms. The molecule has 0 aromatic heterocycles. The molecule has 0 aliphatic carbocycles. The molecule has 51 valence electrons. The van der Waals surface area contributed by atoms with E-state index in [0.29, 0.717) is 0 Å². The molecule has 7 heteroatoms. The van der Waals surface area contributed by atoms with Gasteiger partial charge in [0.25, 0.3) is 0 Å². The second-order valence-corrected chi connectivity index (χ2v) is 2.32. The first-order valence-corrected chi connectivity index (χ1v) is 3.40. The van der Waals surface area contributed by atoms with Gasteiger partial charge in [-0.2, -0.15) is 8.42 Å². The number of hydrogen-bond acceptors (Lipinski definition) is 4. The van der Waals surface area contributed by atoms with Crippen molar-refractivity contribution < 1.29 is 12.6 Å². The van der Waals surface area contributed by atoms with E-state index in [9.17, 15) is 8.42 Å². The molecule has 1 radical (unpaired) electrons. The van der Waals surface area contributed by atoms with Crippen molar-refractivity contribution in [2.75, 3.05) is 13.2 Å². The topological polar surface area (TPSA) is 95.4 Å². The molecule has 0 atom stereocenters. The van der Waals surface area contributed by atoms with Crippen LogP contribution in [0.25, 0.3) is 0 Å². The average Bonchev–Trinajstić information content (AvgIpc) is 1.59. The second kappa shape index (κ2) is 6.19. The molecule has 0 heterocycles. The van der Waals surface area contributed by atoms with E-state index in [-0.39, 0.29) is 64.5 Å². The SMILES string of the molecule is NCCOS(N)(=O)=O.[K]. The van der Waals surface area contributed by atoms with Crippen molar-refractivity contribution in [1.29, 1.82) is 0 Å². The van der Waals surface area contributed by atoms with Crippen LogP contribution in [0, 0.1) is 0 Å². The maximum absolute atomic E-state index is 9.89. The van der Waals surface area contributed by atoms with Crippen LogP contribution < -0.4 is 10.9 Å².